The van der Waals surface area contributed by atoms with Crippen LogP contribution < -0.4 is 5.32 Å². The van der Waals surface area contributed by atoms with E-state index in [0.29, 0.717) is 5.69 Å². The first kappa shape index (κ1) is 14.7. The first-order chi connectivity index (χ1) is 8.24. The lowest BCUT2D eigenvalue weighted by Gasteiger charge is -2.22. The van der Waals surface area contributed by atoms with E-state index in [4.69, 9.17) is 0 Å². The molecule has 0 saturated heterocycles. The van der Waals surface area contributed by atoms with Crippen molar-refractivity contribution in [1.82, 2.24) is 15.1 Å². The summed E-state index contributed by atoms with van der Waals surface area (Å²) in [6.07, 6.45) is 0.0694. The molecule has 1 amide bonds. The minimum absolute atomic E-state index is 0.0694. The molecule has 0 bridgehead atoms. The molecule has 1 aromatic rings. The zero-order valence-electron chi connectivity index (χ0n) is 10.7. The summed E-state index contributed by atoms with van der Waals surface area (Å²) in [5, 5.41) is 15.9. The predicted molar refractivity (Wildman–Crippen MR) is 69.2 cm³/mol. The van der Waals surface area contributed by atoms with E-state index in [9.17, 15) is 14.7 Å². The third-order valence-electron chi connectivity index (χ3n) is 2.98. The Balaban J connectivity index is 3.20. The number of nitrogens with one attached hydrogen (secondary N) is 1. The van der Waals surface area contributed by atoms with Crippen LogP contribution in [0.4, 0.5) is 0 Å². The SMILES string of the molecule is CNC(=O)C(C)(Cc1c(Br)c(C)nn1C)C(=O)O. The molecule has 1 atom stereocenters. The third kappa shape index (κ3) is 2.40. The normalized spacial score (nSPS) is 14.1. The Morgan fingerprint density at radius 3 is 2.44 bits per heavy atom. The number of aromatic nitrogens is 2. The average molecular weight is 318 g/mol. The quantitative estimate of drug-likeness (QED) is 0.807. The van der Waals surface area contributed by atoms with E-state index < -0.39 is 17.3 Å². The number of halogens is 1. The zero-order valence-corrected chi connectivity index (χ0v) is 12.3. The van der Waals surface area contributed by atoms with Crippen LogP contribution in [0, 0.1) is 12.3 Å². The van der Waals surface area contributed by atoms with Crippen LogP contribution in [-0.2, 0) is 23.1 Å². The first-order valence-electron chi connectivity index (χ1n) is 5.37. The van der Waals surface area contributed by atoms with Gasteiger partial charge in [0.2, 0.25) is 5.91 Å². The zero-order chi connectivity index (χ0) is 14.1. The van der Waals surface area contributed by atoms with E-state index in [2.05, 4.69) is 26.3 Å². The lowest BCUT2D eigenvalue weighted by Crippen LogP contribution is -2.45. The summed E-state index contributed by atoms with van der Waals surface area (Å²) in [5.41, 5.74) is -0.0736. The van der Waals surface area contributed by atoms with E-state index in [-0.39, 0.29) is 6.42 Å². The molecule has 1 aromatic heterocycles. The van der Waals surface area contributed by atoms with Crippen LogP contribution in [0.2, 0.25) is 0 Å². The first-order valence-corrected chi connectivity index (χ1v) is 6.17. The second-order valence-electron chi connectivity index (χ2n) is 4.36. The average Bonchev–Trinajstić information content (AvgIpc) is 2.54. The van der Waals surface area contributed by atoms with E-state index in [1.165, 1.54) is 14.0 Å². The number of aliphatic carboxylic acids is 1. The standard InChI is InChI=1S/C11H16BrN3O3/c1-6-8(12)7(15(4)14-6)5-11(2,10(17)18)9(16)13-3/h5H2,1-4H3,(H,13,16)(H,17,18). The Labute approximate surface area is 113 Å². The van der Waals surface area contributed by atoms with Crippen molar-refractivity contribution in [3.8, 4) is 0 Å². The number of carbonyl (C=O) groups is 2. The number of rotatable bonds is 4. The van der Waals surface area contributed by atoms with Crippen molar-refractivity contribution in [2.75, 3.05) is 7.05 Å². The van der Waals surface area contributed by atoms with Gasteiger partial charge in [0.25, 0.3) is 0 Å². The lowest BCUT2D eigenvalue weighted by molar-refractivity contribution is -0.154. The summed E-state index contributed by atoms with van der Waals surface area (Å²) in [6.45, 7) is 3.22. The largest absolute Gasteiger partial charge is 0.480 e. The number of hydrogen-bond acceptors (Lipinski definition) is 3. The highest BCUT2D eigenvalue weighted by molar-refractivity contribution is 9.10. The summed E-state index contributed by atoms with van der Waals surface area (Å²) in [5.74, 6) is -1.69. The molecule has 0 aliphatic carbocycles. The number of nitrogens with zero attached hydrogens (tertiary/aromatic N) is 2. The highest BCUT2D eigenvalue weighted by atomic mass is 79.9. The fourth-order valence-electron chi connectivity index (χ4n) is 1.74. The maximum Gasteiger partial charge on any atom is 0.319 e. The van der Waals surface area contributed by atoms with Gasteiger partial charge in [0.1, 0.15) is 5.41 Å². The van der Waals surface area contributed by atoms with Gasteiger partial charge in [-0.15, -0.1) is 0 Å². The Morgan fingerprint density at radius 1 is 1.56 bits per heavy atom. The number of hydrogen-bond donors (Lipinski definition) is 2. The second-order valence-corrected chi connectivity index (χ2v) is 5.16. The van der Waals surface area contributed by atoms with Crippen molar-refractivity contribution >= 4 is 27.8 Å². The highest BCUT2D eigenvalue weighted by Crippen LogP contribution is 2.29. The van der Waals surface area contributed by atoms with Gasteiger partial charge >= 0.3 is 5.97 Å². The molecule has 6 nitrogen and oxygen atoms in total. The van der Waals surface area contributed by atoms with Gasteiger partial charge < -0.3 is 10.4 Å². The Kier molecular flexibility index (Phi) is 4.16. The maximum atomic E-state index is 11.8. The molecule has 0 aliphatic heterocycles. The van der Waals surface area contributed by atoms with Gasteiger partial charge in [-0.3, -0.25) is 14.3 Å². The summed E-state index contributed by atoms with van der Waals surface area (Å²) in [7, 11) is 3.15. The molecule has 0 aromatic carbocycles. The van der Waals surface area contributed by atoms with Crippen LogP contribution in [0.15, 0.2) is 4.47 Å². The van der Waals surface area contributed by atoms with Crippen LogP contribution >= 0.6 is 15.9 Å². The highest BCUT2D eigenvalue weighted by Gasteiger charge is 2.42. The minimum Gasteiger partial charge on any atom is -0.480 e. The number of carboxylic acids is 1. The second kappa shape index (κ2) is 5.09. The van der Waals surface area contributed by atoms with Crippen molar-refractivity contribution in [1.29, 1.82) is 0 Å². The van der Waals surface area contributed by atoms with Gasteiger partial charge in [-0.1, -0.05) is 0 Å². The smallest absolute Gasteiger partial charge is 0.319 e. The number of carbonyl (C=O) groups excluding carboxylic acids is 1. The Hall–Kier alpha value is -1.37. The molecular formula is C11H16BrN3O3. The Morgan fingerprint density at radius 2 is 2.11 bits per heavy atom. The van der Waals surface area contributed by atoms with Gasteiger partial charge in [-0.05, 0) is 29.8 Å². The third-order valence-corrected chi connectivity index (χ3v) is 4.01. The Bertz CT molecular complexity index is 498. The topological polar surface area (TPSA) is 84.2 Å². The molecular weight excluding hydrogens is 302 g/mol. The fraction of sp³-hybridized carbons (Fsp3) is 0.545. The molecule has 1 rings (SSSR count). The molecule has 0 fully saturated rings. The molecule has 0 spiro atoms. The van der Waals surface area contributed by atoms with Gasteiger partial charge in [0.05, 0.1) is 15.9 Å². The van der Waals surface area contributed by atoms with Crippen LogP contribution in [0.5, 0.6) is 0 Å². The molecule has 0 radical (unpaired) electrons. The molecule has 7 heteroatoms. The van der Waals surface area contributed by atoms with Gasteiger partial charge in [0, 0.05) is 20.5 Å². The van der Waals surface area contributed by atoms with Crippen LogP contribution in [0.1, 0.15) is 18.3 Å². The van der Waals surface area contributed by atoms with Crippen LogP contribution in [0.3, 0.4) is 0 Å². The van der Waals surface area contributed by atoms with Crippen LogP contribution in [-0.4, -0.2) is 33.8 Å². The maximum absolute atomic E-state index is 11.8. The number of carboxylic acid groups (broad SMARTS) is 1. The molecule has 2 N–H and O–H groups in total. The predicted octanol–water partition coefficient (Wildman–Crippen LogP) is 0.870. The summed E-state index contributed by atoms with van der Waals surface area (Å²) in [4.78, 5) is 23.1. The fourth-order valence-corrected chi connectivity index (χ4v) is 2.21. The number of amides is 1. The molecule has 100 valence electrons. The van der Waals surface area contributed by atoms with Crippen molar-refractivity contribution < 1.29 is 14.7 Å². The van der Waals surface area contributed by atoms with Crippen LogP contribution in [0.25, 0.3) is 0 Å². The molecule has 0 aliphatic rings. The van der Waals surface area contributed by atoms with Crippen molar-refractivity contribution in [2.24, 2.45) is 12.5 Å². The minimum atomic E-state index is -1.52. The summed E-state index contributed by atoms with van der Waals surface area (Å²) < 4.78 is 2.32. The van der Waals surface area contributed by atoms with Gasteiger partial charge in [0.15, 0.2) is 0 Å². The molecule has 18 heavy (non-hydrogen) atoms. The molecule has 1 heterocycles. The van der Waals surface area contributed by atoms with E-state index >= 15 is 0 Å². The van der Waals surface area contributed by atoms with Crippen molar-refractivity contribution in [3.05, 3.63) is 15.9 Å². The molecule has 1 unspecified atom stereocenters. The summed E-state index contributed by atoms with van der Waals surface area (Å²) in [6, 6.07) is 0. The van der Waals surface area contributed by atoms with E-state index in [1.54, 1.807) is 11.7 Å². The monoisotopic (exact) mass is 317 g/mol. The van der Waals surface area contributed by atoms with E-state index in [0.717, 1.165) is 10.2 Å². The number of aryl methyl sites for hydroxylation is 2. The van der Waals surface area contributed by atoms with Crippen molar-refractivity contribution in [2.45, 2.75) is 20.3 Å². The van der Waals surface area contributed by atoms with Crippen molar-refractivity contribution in [3.63, 3.8) is 0 Å². The van der Waals surface area contributed by atoms with E-state index in [1.807, 2.05) is 6.92 Å². The molecule has 0 saturated carbocycles. The summed E-state index contributed by atoms with van der Waals surface area (Å²) >= 11 is 3.37. The lowest BCUT2D eigenvalue weighted by atomic mass is 9.84. The van der Waals surface area contributed by atoms with Gasteiger partial charge in [-0.2, -0.15) is 5.10 Å². The van der Waals surface area contributed by atoms with Gasteiger partial charge in [-0.25, -0.2) is 0 Å².